The van der Waals surface area contributed by atoms with Crippen LogP contribution in [0.3, 0.4) is 0 Å². The zero-order valence-corrected chi connectivity index (χ0v) is 26.9. The number of para-hydroxylation sites is 1. The lowest BCUT2D eigenvalue weighted by molar-refractivity contribution is 0.284. The van der Waals surface area contributed by atoms with Crippen molar-refractivity contribution in [2.75, 3.05) is 38.9 Å². The molecule has 214 valence electrons. The minimum Gasteiger partial charge on any atom is -0.493 e. The quantitative estimate of drug-likeness (QED) is 0.123. The molecular weight excluding hydrogens is 553 g/mol. The van der Waals surface area contributed by atoms with E-state index in [9.17, 15) is 0 Å². The number of methoxy groups -OCH3 is 2. The molecule has 2 aromatic carbocycles. The van der Waals surface area contributed by atoms with Gasteiger partial charge in [0.25, 0.3) is 0 Å². The second kappa shape index (κ2) is 18.4. The molecule has 0 fully saturated rings. The molecule has 0 saturated carbocycles. The van der Waals surface area contributed by atoms with Crippen LogP contribution in [0, 0.1) is 0 Å². The van der Waals surface area contributed by atoms with E-state index in [1.54, 1.807) is 14.2 Å². The third kappa shape index (κ3) is 9.60. The first-order valence-corrected chi connectivity index (χ1v) is 16.0. The van der Waals surface area contributed by atoms with Gasteiger partial charge >= 0.3 is 0 Å². The second-order valence-corrected chi connectivity index (χ2v) is 11.7. The average molecular weight is 599 g/mol. The number of hydrogen-bond acceptors (Lipinski definition) is 8. The van der Waals surface area contributed by atoms with Crippen LogP contribution in [0.15, 0.2) is 24.3 Å². The summed E-state index contributed by atoms with van der Waals surface area (Å²) in [5.74, 6) is 4.56. The molecule has 8 heteroatoms. The fourth-order valence-electron chi connectivity index (χ4n) is 4.35. The molecule has 0 heterocycles. The van der Waals surface area contributed by atoms with Crippen molar-refractivity contribution in [1.82, 2.24) is 0 Å². The van der Waals surface area contributed by atoms with Crippen LogP contribution in [0.5, 0.6) is 23.0 Å². The molecule has 2 atom stereocenters. The SMILES string of the molecule is CCC(S)CCOc1c(OC)cccc1-c1cc(CCCS)c(CCCS)c(OC)c1OCCC(S)CC. The third-order valence-electron chi connectivity index (χ3n) is 6.65. The Bertz CT molecular complexity index is 970. The van der Waals surface area contributed by atoms with Gasteiger partial charge in [0, 0.05) is 27.2 Å². The molecule has 0 aromatic heterocycles. The fraction of sp³-hybridized carbons (Fsp3) is 0.600. The summed E-state index contributed by atoms with van der Waals surface area (Å²) in [4.78, 5) is 0. The van der Waals surface area contributed by atoms with E-state index < -0.39 is 0 Å². The van der Waals surface area contributed by atoms with E-state index in [0.717, 1.165) is 85.5 Å². The lowest BCUT2D eigenvalue weighted by atomic mass is 9.91. The van der Waals surface area contributed by atoms with Crippen LogP contribution in [-0.4, -0.2) is 49.4 Å². The Balaban J connectivity index is 2.71. The Kier molecular flexibility index (Phi) is 16.1. The number of ether oxygens (including phenoxy) is 4. The number of benzene rings is 2. The minimum atomic E-state index is 0.284. The maximum Gasteiger partial charge on any atom is 0.169 e. The van der Waals surface area contributed by atoms with Gasteiger partial charge in [0.2, 0.25) is 0 Å². The summed E-state index contributed by atoms with van der Waals surface area (Å²) >= 11 is 18.3. The van der Waals surface area contributed by atoms with Crippen molar-refractivity contribution >= 4 is 50.5 Å². The van der Waals surface area contributed by atoms with Gasteiger partial charge in [-0.15, -0.1) is 0 Å². The van der Waals surface area contributed by atoms with E-state index in [-0.39, 0.29) is 5.25 Å². The van der Waals surface area contributed by atoms with Crippen molar-refractivity contribution in [2.24, 2.45) is 0 Å². The van der Waals surface area contributed by atoms with Gasteiger partial charge in [-0.3, -0.25) is 0 Å². The van der Waals surface area contributed by atoms with Crippen molar-refractivity contribution in [3.05, 3.63) is 35.4 Å². The number of rotatable bonds is 19. The first-order valence-electron chi connectivity index (χ1n) is 13.7. The molecular formula is C30H46O4S4. The van der Waals surface area contributed by atoms with E-state index in [1.807, 2.05) is 12.1 Å². The highest BCUT2D eigenvalue weighted by Crippen LogP contribution is 2.48. The molecule has 0 aliphatic carbocycles. The molecule has 0 radical (unpaired) electrons. The molecule has 0 aliphatic heterocycles. The van der Waals surface area contributed by atoms with Crippen LogP contribution in [0.1, 0.15) is 63.5 Å². The summed E-state index contributed by atoms with van der Waals surface area (Å²) in [6.07, 6.45) is 7.38. The van der Waals surface area contributed by atoms with E-state index in [0.29, 0.717) is 30.0 Å². The third-order valence-corrected chi connectivity index (χ3v) is 8.53. The van der Waals surface area contributed by atoms with Gasteiger partial charge in [0.05, 0.1) is 27.4 Å². The summed E-state index contributed by atoms with van der Waals surface area (Å²) in [7, 11) is 3.40. The maximum atomic E-state index is 6.54. The average Bonchev–Trinajstić information content (AvgIpc) is 2.94. The smallest absolute Gasteiger partial charge is 0.169 e. The van der Waals surface area contributed by atoms with Crippen molar-refractivity contribution in [3.63, 3.8) is 0 Å². The van der Waals surface area contributed by atoms with Crippen molar-refractivity contribution in [1.29, 1.82) is 0 Å². The summed E-state index contributed by atoms with van der Waals surface area (Å²) in [5, 5.41) is 0.574. The molecule has 2 aromatic rings. The number of hydrogen-bond donors (Lipinski definition) is 4. The van der Waals surface area contributed by atoms with E-state index in [1.165, 1.54) is 11.1 Å². The summed E-state index contributed by atoms with van der Waals surface area (Å²) in [6, 6.07) is 8.25. The van der Waals surface area contributed by atoms with Gasteiger partial charge in [0.1, 0.15) is 0 Å². The lowest BCUT2D eigenvalue weighted by Crippen LogP contribution is -2.10. The molecule has 2 unspecified atom stereocenters. The van der Waals surface area contributed by atoms with Crippen molar-refractivity contribution in [2.45, 2.75) is 75.7 Å². The Morgan fingerprint density at radius 2 is 1.34 bits per heavy atom. The van der Waals surface area contributed by atoms with Gasteiger partial charge < -0.3 is 18.9 Å². The first-order chi connectivity index (χ1) is 18.4. The van der Waals surface area contributed by atoms with Crippen LogP contribution in [0.25, 0.3) is 11.1 Å². The monoisotopic (exact) mass is 598 g/mol. The predicted octanol–water partition coefficient (Wildman–Crippen LogP) is 8.05. The normalized spacial score (nSPS) is 12.7. The molecule has 0 saturated heterocycles. The van der Waals surface area contributed by atoms with Gasteiger partial charge in [-0.05, 0) is 80.6 Å². The molecule has 0 spiro atoms. The highest BCUT2D eigenvalue weighted by Gasteiger charge is 2.24. The number of aryl methyl sites for hydroxylation is 1. The second-order valence-electron chi connectivity index (χ2n) is 9.31. The molecule has 0 aliphatic rings. The zero-order chi connectivity index (χ0) is 27.9. The fourth-order valence-corrected chi connectivity index (χ4v) is 4.88. The van der Waals surface area contributed by atoms with Crippen LogP contribution in [0.2, 0.25) is 0 Å². The topological polar surface area (TPSA) is 36.9 Å². The lowest BCUT2D eigenvalue weighted by Gasteiger charge is -2.24. The van der Waals surface area contributed by atoms with Crippen LogP contribution in [-0.2, 0) is 12.8 Å². The van der Waals surface area contributed by atoms with Crippen molar-refractivity contribution in [3.8, 4) is 34.1 Å². The molecule has 2 rings (SSSR count). The Labute approximate surface area is 252 Å². The Morgan fingerprint density at radius 1 is 0.737 bits per heavy atom. The first kappa shape index (κ1) is 33.2. The number of thiol groups is 4. The van der Waals surface area contributed by atoms with E-state index in [4.69, 9.17) is 18.9 Å². The van der Waals surface area contributed by atoms with E-state index in [2.05, 4.69) is 76.5 Å². The maximum absolute atomic E-state index is 6.54. The van der Waals surface area contributed by atoms with Crippen molar-refractivity contribution < 1.29 is 18.9 Å². The van der Waals surface area contributed by atoms with Gasteiger partial charge in [-0.25, -0.2) is 0 Å². The summed E-state index contributed by atoms with van der Waals surface area (Å²) in [6.45, 7) is 5.37. The van der Waals surface area contributed by atoms with Gasteiger partial charge in [-0.2, -0.15) is 50.5 Å². The minimum absolute atomic E-state index is 0.284. The largest absolute Gasteiger partial charge is 0.493 e. The Morgan fingerprint density at radius 3 is 1.89 bits per heavy atom. The van der Waals surface area contributed by atoms with Gasteiger partial charge in [0.15, 0.2) is 23.0 Å². The molecule has 38 heavy (non-hydrogen) atoms. The molecule has 0 bridgehead atoms. The Hall–Kier alpha value is -0.960. The molecule has 0 N–H and O–H groups in total. The predicted molar refractivity (Wildman–Crippen MR) is 176 cm³/mol. The van der Waals surface area contributed by atoms with Crippen LogP contribution >= 0.6 is 50.5 Å². The highest BCUT2D eigenvalue weighted by atomic mass is 32.1. The molecule has 4 nitrogen and oxygen atoms in total. The zero-order valence-electron chi connectivity index (χ0n) is 23.4. The highest BCUT2D eigenvalue weighted by molar-refractivity contribution is 7.81. The van der Waals surface area contributed by atoms with E-state index >= 15 is 0 Å². The molecule has 0 amide bonds. The standard InChI is InChI=1S/C30H46O4S4/c1-5-22(37)14-16-33-28-25(11-7-13-27(28)31-3)26-20-21(10-8-18-35)24(12-9-19-36)29(32-4)30(26)34-17-15-23(38)6-2/h7,11,13,20,22-23,35-38H,5-6,8-10,12,14-19H2,1-4H3. The van der Waals surface area contributed by atoms with Crippen LogP contribution in [0.4, 0.5) is 0 Å². The van der Waals surface area contributed by atoms with Gasteiger partial charge in [-0.1, -0.05) is 26.0 Å². The van der Waals surface area contributed by atoms with Crippen LogP contribution < -0.4 is 18.9 Å². The summed E-state index contributed by atoms with van der Waals surface area (Å²) in [5.41, 5.74) is 4.31. The summed E-state index contributed by atoms with van der Waals surface area (Å²) < 4.78 is 24.8.